The van der Waals surface area contributed by atoms with Crippen molar-refractivity contribution >= 4 is 19.6 Å². The first-order chi connectivity index (χ1) is 14.9. The number of alkyl carbamates (subject to hydrolysis) is 1. The van der Waals surface area contributed by atoms with E-state index >= 15 is 0 Å². The summed E-state index contributed by atoms with van der Waals surface area (Å²) in [6, 6.07) is 26.6. The number of benzene rings is 3. The van der Waals surface area contributed by atoms with E-state index in [1.807, 2.05) is 66.7 Å². The molecule has 0 aliphatic carbocycles. The highest BCUT2D eigenvalue weighted by Crippen LogP contribution is 2.22. The molecule has 3 aromatic carbocycles. The highest BCUT2D eigenvalue weighted by molar-refractivity contribution is 6.60. The Morgan fingerprint density at radius 3 is 2.06 bits per heavy atom. The molecular formula is C25H23BN2O3. The van der Waals surface area contributed by atoms with Crippen molar-refractivity contribution in [2.45, 2.75) is 25.5 Å². The second-order valence-corrected chi connectivity index (χ2v) is 7.64. The van der Waals surface area contributed by atoms with E-state index in [4.69, 9.17) is 10.00 Å². The predicted molar refractivity (Wildman–Crippen MR) is 122 cm³/mol. The molecule has 0 radical (unpaired) electrons. The number of nitrogens with zero attached hydrogens (tertiary/aromatic N) is 1. The summed E-state index contributed by atoms with van der Waals surface area (Å²) in [5, 5.41) is 11.7. The van der Waals surface area contributed by atoms with E-state index in [2.05, 4.69) is 11.4 Å². The minimum Gasteiger partial charge on any atom is -0.445 e. The van der Waals surface area contributed by atoms with Gasteiger partial charge in [-0.1, -0.05) is 66.7 Å². The van der Waals surface area contributed by atoms with Gasteiger partial charge in [0.05, 0.1) is 17.2 Å². The molecule has 0 aliphatic rings. The Balaban J connectivity index is 1.66. The lowest BCUT2D eigenvalue weighted by Crippen LogP contribution is -2.54. The minimum atomic E-state index is -1.08. The monoisotopic (exact) mass is 410 g/mol. The number of ether oxygens (including phenoxy) is 1. The minimum absolute atomic E-state index is 0.139. The Hall–Kier alpha value is -3.85. The second kappa shape index (κ2) is 9.77. The van der Waals surface area contributed by atoms with Crippen molar-refractivity contribution < 1.29 is 14.3 Å². The van der Waals surface area contributed by atoms with Crippen molar-refractivity contribution in [1.29, 1.82) is 5.26 Å². The maximum Gasteiger partial charge on any atom is 0.408 e. The van der Waals surface area contributed by atoms with E-state index in [-0.39, 0.29) is 12.3 Å². The quantitative estimate of drug-likeness (QED) is 0.604. The average molecular weight is 410 g/mol. The van der Waals surface area contributed by atoms with Crippen molar-refractivity contribution in [3.63, 3.8) is 0 Å². The third-order valence-electron chi connectivity index (χ3n) is 5.23. The molecule has 0 aliphatic heterocycles. The summed E-state index contributed by atoms with van der Waals surface area (Å²) in [6.45, 7) is 1.84. The smallest absolute Gasteiger partial charge is 0.408 e. The molecule has 0 aromatic heterocycles. The van der Waals surface area contributed by atoms with E-state index in [0.29, 0.717) is 12.0 Å². The van der Waals surface area contributed by atoms with Crippen molar-refractivity contribution in [3.05, 3.63) is 95.6 Å². The fraction of sp³-hybridized carbons (Fsp3) is 0.160. The fourth-order valence-corrected chi connectivity index (χ4v) is 3.20. The fourth-order valence-electron chi connectivity index (χ4n) is 3.20. The van der Waals surface area contributed by atoms with Gasteiger partial charge in [0.1, 0.15) is 12.3 Å². The molecule has 0 spiro atoms. The van der Waals surface area contributed by atoms with Gasteiger partial charge >= 0.3 is 6.09 Å². The van der Waals surface area contributed by atoms with Gasteiger partial charge in [0.2, 0.25) is 0 Å². The van der Waals surface area contributed by atoms with E-state index in [1.165, 1.54) is 7.85 Å². The van der Waals surface area contributed by atoms with E-state index < -0.39 is 11.6 Å². The first-order valence-corrected chi connectivity index (χ1v) is 9.99. The third-order valence-corrected chi connectivity index (χ3v) is 5.23. The summed E-state index contributed by atoms with van der Waals surface area (Å²) in [4.78, 5) is 24.6. The lowest BCUT2D eigenvalue weighted by Gasteiger charge is -2.28. The normalized spacial score (nSPS) is 12.3. The van der Waals surface area contributed by atoms with Gasteiger partial charge in [-0.2, -0.15) is 5.26 Å². The molecule has 6 heteroatoms. The van der Waals surface area contributed by atoms with Gasteiger partial charge in [-0.15, -0.1) is 0 Å². The molecule has 0 bridgehead atoms. The lowest BCUT2D eigenvalue weighted by atomic mass is 9.79. The molecule has 3 aromatic rings. The summed E-state index contributed by atoms with van der Waals surface area (Å²) in [5.41, 5.74) is 3.18. The van der Waals surface area contributed by atoms with Crippen LogP contribution < -0.4 is 5.32 Å². The van der Waals surface area contributed by atoms with Crippen molar-refractivity contribution in [2.75, 3.05) is 0 Å². The number of hydrogen-bond acceptors (Lipinski definition) is 4. The van der Waals surface area contributed by atoms with Crippen LogP contribution in [0, 0.1) is 11.3 Å². The van der Waals surface area contributed by atoms with Crippen LogP contribution in [-0.4, -0.2) is 25.2 Å². The molecule has 0 unspecified atom stereocenters. The lowest BCUT2D eigenvalue weighted by molar-refractivity contribution is -0.116. The van der Waals surface area contributed by atoms with Crippen molar-refractivity contribution in [3.8, 4) is 17.2 Å². The zero-order valence-corrected chi connectivity index (χ0v) is 17.6. The van der Waals surface area contributed by atoms with Crippen molar-refractivity contribution in [2.24, 2.45) is 0 Å². The molecule has 0 saturated heterocycles. The summed E-state index contributed by atoms with van der Waals surface area (Å²) in [5.74, 6) is 0. The zero-order chi connectivity index (χ0) is 22.3. The van der Waals surface area contributed by atoms with Gasteiger partial charge in [-0.05, 0) is 41.3 Å². The van der Waals surface area contributed by atoms with Gasteiger partial charge in [0.15, 0.2) is 7.85 Å². The molecule has 1 amide bonds. The predicted octanol–water partition coefficient (Wildman–Crippen LogP) is 3.61. The van der Waals surface area contributed by atoms with Crippen LogP contribution in [0.5, 0.6) is 0 Å². The second-order valence-electron chi connectivity index (χ2n) is 7.64. The Kier molecular flexibility index (Phi) is 6.89. The van der Waals surface area contributed by atoms with E-state index in [9.17, 15) is 9.59 Å². The number of rotatable bonds is 7. The molecule has 0 heterocycles. The van der Waals surface area contributed by atoms with Gasteiger partial charge in [0.25, 0.3) is 0 Å². The standard InChI is InChI=1S/C25H23BN2O3/c1-25(23(26)29,28-24(30)31-17-20-5-3-2-4-6-20)15-18-7-11-21(12-8-18)22-13-9-19(16-27)10-14-22/h2-14H,15,17,26H2,1H3,(H,28,30)/t25-/m0/s1. The van der Waals surface area contributed by atoms with Gasteiger partial charge in [-0.25, -0.2) is 4.79 Å². The summed E-state index contributed by atoms with van der Waals surface area (Å²) >= 11 is 0. The van der Waals surface area contributed by atoms with Crippen LogP contribution in [0.1, 0.15) is 23.6 Å². The van der Waals surface area contributed by atoms with Crippen LogP contribution in [0.2, 0.25) is 0 Å². The SMILES string of the molecule is BC(=O)[C@](C)(Cc1ccc(-c2ccc(C#N)cc2)cc1)NC(=O)OCc1ccccc1. The topological polar surface area (TPSA) is 79.2 Å². The Morgan fingerprint density at radius 2 is 1.52 bits per heavy atom. The third kappa shape index (κ3) is 5.83. The van der Waals surface area contributed by atoms with Gasteiger partial charge in [-0.3, -0.25) is 0 Å². The number of nitriles is 1. The molecule has 5 nitrogen and oxygen atoms in total. The number of amides is 1. The van der Waals surface area contributed by atoms with Gasteiger partial charge in [0, 0.05) is 6.42 Å². The van der Waals surface area contributed by atoms with Crippen LogP contribution in [0.15, 0.2) is 78.9 Å². The Labute approximate surface area is 183 Å². The summed E-state index contributed by atoms with van der Waals surface area (Å²) < 4.78 is 5.28. The van der Waals surface area contributed by atoms with E-state index in [0.717, 1.165) is 22.3 Å². The van der Waals surface area contributed by atoms with Crippen LogP contribution in [0.3, 0.4) is 0 Å². The molecule has 31 heavy (non-hydrogen) atoms. The number of nitrogens with one attached hydrogen (secondary N) is 1. The molecule has 0 saturated carbocycles. The van der Waals surface area contributed by atoms with Gasteiger partial charge < -0.3 is 14.8 Å². The molecule has 3 rings (SSSR count). The number of carbonyl (C=O) groups is 2. The van der Waals surface area contributed by atoms with Crippen LogP contribution in [0.4, 0.5) is 4.79 Å². The molecule has 154 valence electrons. The van der Waals surface area contributed by atoms with Crippen LogP contribution in [0.25, 0.3) is 11.1 Å². The Morgan fingerprint density at radius 1 is 0.935 bits per heavy atom. The first-order valence-electron chi connectivity index (χ1n) is 9.99. The first kappa shape index (κ1) is 21.9. The van der Waals surface area contributed by atoms with Crippen molar-refractivity contribution in [1.82, 2.24) is 5.32 Å². The van der Waals surface area contributed by atoms with E-state index in [1.54, 1.807) is 19.1 Å². The summed E-state index contributed by atoms with van der Waals surface area (Å²) in [7, 11) is 1.46. The average Bonchev–Trinajstić information content (AvgIpc) is 2.79. The summed E-state index contributed by atoms with van der Waals surface area (Å²) in [6.07, 6.45) is -0.285. The number of hydrogen-bond donors (Lipinski definition) is 1. The maximum absolute atomic E-state index is 12.3. The number of carbonyl (C=O) groups excluding carboxylic acids is 2. The largest absolute Gasteiger partial charge is 0.445 e. The molecular weight excluding hydrogens is 387 g/mol. The maximum atomic E-state index is 12.3. The zero-order valence-electron chi connectivity index (χ0n) is 17.6. The van der Waals surface area contributed by atoms with Crippen LogP contribution in [-0.2, 0) is 22.6 Å². The molecule has 1 N–H and O–H groups in total. The highest BCUT2D eigenvalue weighted by Gasteiger charge is 2.32. The molecule has 1 atom stereocenters. The van der Waals surface area contributed by atoms with Crippen LogP contribution >= 0.6 is 0 Å². The molecule has 0 fully saturated rings. The highest BCUT2D eigenvalue weighted by atomic mass is 16.5. The Bertz CT molecular complexity index is 1090.